The van der Waals surface area contributed by atoms with Crippen LogP contribution in [0.15, 0.2) is 72.3 Å². The molecule has 23 heavy (non-hydrogen) atoms. The minimum absolute atomic E-state index is 0.165. The van der Waals surface area contributed by atoms with Gasteiger partial charge >= 0.3 is 0 Å². The monoisotopic (exact) mass is 306 g/mol. The molecule has 2 amide bonds. The van der Waals surface area contributed by atoms with Gasteiger partial charge in [0, 0.05) is 11.1 Å². The average molecular weight is 306 g/mol. The highest BCUT2D eigenvalue weighted by Gasteiger charge is 2.29. The van der Waals surface area contributed by atoms with Crippen molar-refractivity contribution in [1.29, 1.82) is 0 Å². The Morgan fingerprint density at radius 3 is 1.78 bits per heavy atom. The Kier molecular flexibility index (Phi) is 4.24. The first kappa shape index (κ1) is 15.0. The van der Waals surface area contributed by atoms with E-state index in [0.29, 0.717) is 24.2 Å². The van der Waals surface area contributed by atoms with Crippen molar-refractivity contribution in [2.75, 3.05) is 13.1 Å². The van der Waals surface area contributed by atoms with E-state index in [0.717, 1.165) is 5.57 Å². The minimum Gasteiger partial charge on any atom is -0.267 e. The topological polar surface area (TPSA) is 40.6 Å². The van der Waals surface area contributed by atoms with Crippen molar-refractivity contribution < 1.29 is 9.59 Å². The molecular formula is C19H18N2O2. The van der Waals surface area contributed by atoms with Gasteiger partial charge in [-0.05, 0) is 31.2 Å². The van der Waals surface area contributed by atoms with Gasteiger partial charge in [0.1, 0.15) is 0 Å². The van der Waals surface area contributed by atoms with Crippen LogP contribution < -0.4 is 0 Å². The number of nitrogens with zero attached hydrogens (tertiary/aromatic N) is 2. The van der Waals surface area contributed by atoms with Crippen LogP contribution >= 0.6 is 0 Å². The summed E-state index contributed by atoms with van der Waals surface area (Å²) in [5.41, 5.74) is 2.23. The number of hydrazine groups is 1. The number of amides is 2. The molecule has 0 atom stereocenters. The minimum atomic E-state index is -0.168. The molecule has 0 fully saturated rings. The lowest BCUT2D eigenvalue weighted by molar-refractivity contribution is 0.00165. The SMILES string of the molecule is CC1=CCN(C(=O)c2ccccc2)N(C(=O)c2ccccc2)C1. The summed E-state index contributed by atoms with van der Waals surface area (Å²) in [4.78, 5) is 25.6. The van der Waals surface area contributed by atoms with Gasteiger partial charge in [-0.3, -0.25) is 9.59 Å². The molecule has 3 rings (SSSR count). The van der Waals surface area contributed by atoms with Crippen molar-refractivity contribution in [2.45, 2.75) is 6.92 Å². The molecule has 4 nitrogen and oxygen atoms in total. The number of benzene rings is 2. The molecule has 0 spiro atoms. The molecule has 4 heteroatoms. The second-order valence-corrected chi connectivity index (χ2v) is 5.53. The summed E-state index contributed by atoms with van der Waals surface area (Å²) in [5.74, 6) is -0.332. The Morgan fingerprint density at radius 1 is 0.783 bits per heavy atom. The van der Waals surface area contributed by atoms with E-state index in [1.54, 1.807) is 24.3 Å². The fraction of sp³-hybridized carbons (Fsp3) is 0.158. The van der Waals surface area contributed by atoms with Gasteiger partial charge in [-0.2, -0.15) is 0 Å². The second-order valence-electron chi connectivity index (χ2n) is 5.53. The maximum Gasteiger partial charge on any atom is 0.272 e. The molecule has 0 radical (unpaired) electrons. The standard InChI is InChI=1S/C19H18N2O2/c1-15-12-13-20(18(22)16-8-4-2-5-9-16)21(14-15)19(23)17-10-6-3-7-11-17/h2-12H,13-14H2,1H3. The lowest BCUT2D eigenvalue weighted by atomic mass is 10.1. The van der Waals surface area contributed by atoms with E-state index in [9.17, 15) is 9.59 Å². The molecule has 0 saturated carbocycles. The summed E-state index contributed by atoms with van der Waals surface area (Å²) in [7, 11) is 0. The van der Waals surface area contributed by atoms with Crippen LogP contribution in [0.3, 0.4) is 0 Å². The Hall–Kier alpha value is -2.88. The molecule has 1 aliphatic heterocycles. The van der Waals surface area contributed by atoms with Crippen LogP contribution in [-0.4, -0.2) is 34.9 Å². The Labute approximate surface area is 135 Å². The summed E-state index contributed by atoms with van der Waals surface area (Å²) in [5, 5.41) is 3.04. The fourth-order valence-electron chi connectivity index (χ4n) is 2.56. The van der Waals surface area contributed by atoms with Crippen LogP contribution in [0.25, 0.3) is 0 Å². The first-order chi connectivity index (χ1) is 11.2. The van der Waals surface area contributed by atoms with E-state index < -0.39 is 0 Å². The summed E-state index contributed by atoms with van der Waals surface area (Å²) < 4.78 is 0. The van der Waals surface area contributed by atoms with Crippen molar-refractivity contribution >= 4 is 11.8 Å². The smallest absolute Gasteiger partial charge is 0.267 e. The van der Waals surface area contributed by atoms with Crippen LogP contribution in [0.4, 0.5) is 0 Å². The third-order valence-corrected chi connectivity index (χ3v) is 3.81. The van der Waals surface area contributed by atoms with Crippen molar-refractivity contribution in [3.63, 3.8) is 0 Å². The zero-order valence-corrected chi connectivity index (χ0v) is 13.0. The third-order valence-electron chi connectivity index (χ3n) is 3.81. The van der Waals surface area contributed by atoms with Gasteiger partial charge < -0.3 is 0 Å². The molecular weight excluding hydrogens is 288 g/mol. The summed E-state index contributed by atoms with van der Waals surface area (Å²) in [6, 6.07) is 18.1. The highest BCUT2D eigenvalue weighted by atomic mass is 16.2. The van der Waals surface area contributed by atoms with Gasteiger partial charge in [0.2, 0.25) is 0 Å². The average Bonchev–Trinajstić information content (AvgIpc) is 2.62. The number of hydrogen-bond acceptors (Lipinski definition) is 2. The molecule has 0 unspecified atom stereocenters. The van der Waals surface area contributed by atoms with E-state index in [4.69, 9.17) is 0 Å². The summed E-state index contributed by atoms with van der Waals surface area (Å²) >= 11 is 0. The zero-order valence-electron chi connectivity index (χ0n) is 13.0. The quantitative estimate of drug-likeness (QED) is 0.800. The third kappa shape index (κ3) is 3.16. The van der Waals surface area contributed by atoms with Gasteiger partial charge in [-0.25, -0.2) is 10.0 Å². The first-order valence-electron chi connectivity index (χ1n) is 7.56. The second kappa shape index (κ2) is 6.48. The molecule has 0 N–H and O–H groups in total. The molecule has 0 aromatic heterocycles. The number of carbonyl (C=O) groups is 2. The number of hydrogen-bond donors (Lipinski definition) is 0. The van der Waals surface area contributed by atoms with E-state index in [-0.39, 0.29) is 11.8 Å². The molecule has 0 aliphatic carbocycles. The molecule has 1 heterocycles. The van der Waals surface area contributed by atoms with Crippen molar-refractivity contribution in [1.82, 2.24) is 10.0 Å². The van der Waals surface area contributed by atoms with Gasteiger partial charge in [0.15, 0.2) is 0 Å². The lowest BCUT2D eigenvalue weighted by Crippen LogP contribution is -2.52. The highest BCUT2D eigenvalue weighted by Crippen LogP contribution is 2.18. The van der Waals surface area contributed by atoms with E-state index >= 15 is 0 Å². The Bertz CT molecular complexity index is 738. The molecule has 1 aliphatic rings. The normalized spacial score (nSPS) is 14.4. The highest BCUT2D eigenvalue weighted by molar-refractivity contribution is 5.99. The van der Waals surface area contributed by atoms with Crippen molar-refractivity contribution in [3.05, 3.63) is 83.4 Å². The number of carbonyl (C=O) groups excluding carboxylic acids is 2. The van der Waals surface area contributed by atoms with Crippen LogP contribution in [0.1, 0.15) is 27.6 Å². The van der Waals surface area contributed by atoms with Crippen molar-refractivity contribution in [2.24, 2.45) is 0 Å². The maximum atomic E-state index is 12.8. The van der Waals surface area contributed by atoms with Gasteiger partial charge in [0.05, 0.1) is 13.1 Å². The maximum absolute atomic E-state index is 12.8. The lowest BCUT2D eigenvalue weighted by Gasteiger charge is -2.37. The fourth-order valence-corrected chi connectivity index (χ4v) is 2.56. The Morgan fingerprint density at radius 2 is 1.26 bits per heavy atom. The molecule has 0 saturated heterocycles. The van der Waals surface area contributed by atoms with Crippen molar-refractivity contribution in [3.8, 4) is 0 Å². The Balaban J connectivity index is 1.91. The molecule has 2 aromatic carbocycles. The predicted octanol–water partition coefficient (Wildman–Crippen LogP) is 3.15. The first-order valence-corrected chi connectivity index (χ1v) is 7.56. The van der Waals surface area contributed by atoms with Gasteiger partial charge in [0.25, 0.3) is 11.8 Å². The van der Waals surface area contributed by atoms with E-state index in [1.807, 2.05) is 49.4 Å². The van der Waals surface area contributed by atoms with Crippen LogP contribution in [0.5, 0.6) is 0 Å². The molecule has 2 aromatic rings. The van der Waals surface area contributed by atoms with Gasteiger partial charge in [-0.15, -0.1) is 0 Å². The van der Waals surface area contributed by atoms with E-state index in [1.165, 1.54) is 10.0 Å². The zero-order chi connectivity index (χ0) is 16.2. The summed E-state index contributed by atoms with van der Waals surface area (Å²) in [6.07, 6.45) is 1.98. The number of rotatable bonds is 2. The summed E-state index contributed by atoms with van der Waals surface area (Å²) in [6.45, 7) is 2.79. The van der Waals surface area contributed by atoms with Crippen LogP contribution in [-0.2, 0) is 0 Å². The molecule has 116 valence electrons. The largest absolute Gasteiger partial charge is 0.272 e. The van der Waals surface area contributed by atoms with Gasteiger partial charge in [-0.1, -0.05) is 48.0 Å². The van der Waals surface area contributed by atoms with E-state index in [2.05, 4.69) is 0 Å². The predicted molar refractivity (Wildman–Crippen MR) is 88.7 cm³/mol. The molecule has 0 bridgehead atoms. The van der Waals surface area contributed by atoms with Crippen LogP contribution in [0.2, 0.25) is 0 Å². The van der Waals surface area contributed by atoms with Crippen LogP contribution in [0, 0.1) is 0 Å².